The van der Waals surface area contributed by atoms with Crippen LogP contribution in [-0.2, 0) is 5.92 Å². The maximum Gasteiger partial charge on any atom is 0.459 e. The van der Waals surface area contributed by atoms with Crippen LogP contribution in [0.15, 0.2) is 39.9 Å². The summed E-state index contributed by atoms with van der Waals surface area (Å²) in [6, 6.07) is 4.03. The maximum atomic E-state index is 13.4. The van der Waals surface area contributed by atoms with Crippen LogP contribution in [0.3, 0.4) is 0 Å². The number of aromatic nitrogens is 2. The topological polar surface area (TPSA) is 44.0 Å². The van der Waals surface area contributed by atoms with E-state index in [1.54, 1.807) is 0 Å². The quantitative estimate of drug-likeness (QED) is 0.750. The highest BCUT2D eigenvalue weighted by atomic mass is 35.5. The zero-order chi connectivity index (χ0) is 19.2. The molecule has 2 rings (SSSR count). The molecule has 0 radical (unpaired) electrons. The van der Waals surface area contributed by atoms with Crippen molar-refractivity contribution >= 4 is 11.6 Å². The summed E-state index contributed by atoms with van der Waals surface area (Å²) in [4.78, 5) is 23.9. The lowest BCUT2D eigenvalue weighted by Gasteiger charge is -2.23. The van der Waals surface area contributed by atoms with Crippen LogP contribution in [-0.4, -0.2) is 15.3 Å². The van der Waals surface area contributed by atoms with E-state index >= 15 is 0 Å². The van der Waals surface area contributed by atoms with Crippen molar-refractivity contribution in [1.29, 1.82) is 0 Å². The van der Waals surface area contributed by atoms with Gasteiger partial charge in [-0.25, -0.2) is 13.9 Å². The van der Waals surface area contributed by atoms with Gasteiger partial charge in [0, 0.05) is 11.1 Å². The van der Waals surface area contributed by atoms with Gasteiger partial charge in [-0.05, 0) is 24.3 Å². The number of hydrogen-bond donors (Lipinski definition) is 0. The second-order valence-corrected chi connectivity index (χ2v) is 5.12. The van der Waals surface area contributed by atoms with E-state index in [0.29, 0.717) is 0 Å². The minimum absolute atomic E-state index is 0.0262. The Bertz CT molecular complexity index is 901. The summed E-state index contributed by atoms with van der Waals surface area (Å²) in [6.45, 7) is -4.05. The molecule has 2 aromatic rings. The standard InChI is InChI=1S/C13H6ClF7N2O2/c14-6-1-3-7(4-2-6)22-9(24)5-8(12(17,18)13(19,20)21)23(10(15)16)11(22)25/h1-5,10H. The molecular formula is C13H6ClF7N2O2. The van der Waals surface area contributed by atoms with Crippen molar-refractivity contribution in [2.45, 2.75) is 18.6 Å². The minimum atomic E-state index is -6.28. The summed E-state index contributed by atoms with van der Waals surface area (Å²) in [5.41, 5.74) is -6.47. The zero-order valence-electron chi connectivity index (χ0n) is 11.7. The third kappa shape index (κ3) is 3.28. The van der Waals surface area contributed by atoms with Gasteiger partial charge in [0.15, 0.2) is 0 Å². The van der Waals surface area contributed by atoms with Gasteiger partial charge in [0.25, 0.3) is 5.56 Å². The van der Waals surface area contributed by atoms with Crippen LogP contribution >= 0.6 is 11.6 Å². The van der Waals surface area contributed by atoms with E-state index in [2.05, 4.69) is 0 Å². The first kappa shape index (κ1) is 19.0. The third-order valence-corrected chi connectivity index (χ3v) is 3.35. The molecule has 0 N–H and O–H groups in total. The van der Waals surface area contributed by atoms with E-state index in [4.69, 9.17) is 11.6 Å². The van der Waals surface area contributed by atoms with Gasteiger partial charge in [0.2, 0.25) is 0 Å². The van der Waals surface area contributed by atoms with E-state index in [0.717, 1.165) is 24.3 Å². The number of alkyl halides is 7. The SMILES string of the molecule is O=c1cc(C(F)(F)C(F)(F)F)n(C(F)F)c(=O)n1-c1ccc(Cl)cc1. The van der Waals surface area contributed by atoms with E-state index in [1.165, 1.54) is 0 Å². The molecular weight excluding hydrogens is 385 g/mol. The second-order valence-electron chi connectivity index (χ2n) is 4.68. The van der Waals surface area contributed by atoms with Crippen molar-refractivity contribution in [1.82, 2.24) is 9.13 Å². The van der Waals surface area contributed by atoms with Crippen molar-refractivity contribution in [2.24, 2.45) is 0 Å². The molecule has 12 heteroatoms. The van der Waals surface area contributed by atoms with E-state index < -0.39 is 40.2 Å². The minimum Gasteiger partial charge on any atom is -0.269 e. The first-order valence-corrected chi connectivity index (χ1v) is 6.63. The fourth-order valence-electron chi connectivity index (χ4n) is 1.96. The number of benzene rings is 1. The average molecular weight is 391 g/mol. The fraction of sp³-hybridized carbons (Fsp3) is 0.231. The predicted molar refractivity (Wildman–Crippen MR) is 72.5 cm³/mol. The highest BCUT2D eigenvalue weighted by molar-refractivity contribution is 6.30. The smallest absolute Gasteiger partial charge is 0.269 e. The molecule has 0 spiro atoms. The Hall–Kier alpha value is -2.30. The lowest BCUT2D eigenvalue weighted by molar-refractivity contribution is -0.293. The van der Waals surface area contributed by atoms with Crippen molar-refractivity contribution in [3.63, 3.8) is 0 Å². The van der Waals surface area contributed by atoms with E-state index in [1.807, 2.05) is 0 Å². The van der Waals surface area contributed by atoms with Crippen molar-refractivity contribution in [3.8, 4) is 5.69 Å². The average Bonchev–Trinajstić information content (AvgIpc) is 2.46. The molecule has 0 aliphatic rings. The van der Waals surface area contributed by atoms with Crippen LogP contribution in [0.1, 0.15) is 12.2 Å². The second kappa shape index (κ2) is 6.21. The largest absolute Gasteiger partial charge is 0.459 e. The highest BCUT2D eigenvalue weighted by Crippen LogP contribution is 2.43. The molecule has 0 amide bonds. The van der Waals surface area contributed by atoms with Crippen molar-refractivity contribution < 1.29 is 30.7 Å². The van der Waals surface area contributed by atoms with Crippen LogP contribution in [0.25, 0.3) is 5.69 Å². The zero-order valence-corrected chi connectivity index (χ0v) is 12.5. The first-order chi connectivity index (χ1) is 11.4. The normalized spacial score (nSPS) is 12.7. The molecule has 0 unspecified atom stereocenters. The summed E-state index contributed by atoms with van der Waals surface area (Å²) >= 11 is 5.58. The van der Waals surface area contributed by atoms with Crippen LogP contribution in [0, 0.1) is 0 Å². The molecule has 0 atom stereocenters. The Morgan fingerprint density at radius 2 is 1.48 bits per heavy atom. The molecule has 0 fully saturated rings. The summed E-state index contributed by atoms with van der Waals surface area (Å²) in [5.74, 6) is -5.83. The third-order valence-electron chi connectivity index (χ3n) is 3.10. The Labute approximate surface area is 138 Å². The summed E-state index contributed by atoms with van der Waals surface area (Å²) in [5, 5.41) is 0.145. The number of rotatable bonds is 3. The summed E-state index contributed by atoms with van der Waals surface area (Å²) in [7, 11) is 0. The molecule has 25 heavy (non-hydrogen) atoms. The molecule has 1 aromatic carbocycles. The molecule has 0 saturated carbocycles. The molecule has 0 saturated heterocycles. The predicted octanol–water partition coefficient (Wildman–Crippen LogP) is 3.70. The molecule has 0 bridgehead atoms. The van der Waals surface area contributed by atoms with Gasteiger partial charge in [-0.15, -0.1) is 0 Å². The molecule has 4 nitrogen and oxygen atoms in total. The molecule has 1 heterocycles. The van der Waals surface area contributed by atoms with Crippen molar-refractivity contribution in [3.05, 3.63) is 61.9 Å². The molecule has 0 aliphatic carbocycles. The van der Waals surface area contributed by atoms with Gasteiger partial charge >= 0.3 is 24.3 Å². The van der Waals surface area contributed by atoms with Gasteiger partial charge in [0.05, 0.1) is 5.69 Å². The Morgan fingerprint density at radius 3 is 1.92 bits per heavy atom. The van der Waals surface area contributed by atoms with Gasteiger partial charge in [-0.1, -0.05) is 11.6 Å². The number of halogens is 8. The fourth-order valence-corrected chi connectivity index (χ4v) is 2.09. The highest BCUT2D eigenvalue weighted by Gasteiger charge is 2.61. The van der Waals surface area contributed by atoms with E-state index in [-0.39, 0.29) is 21.3 Å². The van der Waals surface area contributed by atoms with Gasteiger partial charge < -0.3 is 0 Å². The summed E-state index contributed by atoms with van der Waals surface area (Å²) < 4.78 is 89.3. The van der Waals surface area contributed by atoms with Crippen LogP contribution in [0.2, 0.25) is 5.02 Å². The Morgan fingerprint density at radius 1 is 0.960 bits per heavy atom. The molecule has 136 valence electrons. The monoisotopic (exact) mass is 390 g/mol. The Balaban J connectivity index is 2.86. The van der Waals surface area contributed by atoms with Crippen LogP contribution < -0.4 is 11.2 Å². The molecule has 1 aromatic heterocycles. The number of hydrogen-bond acceptors (Lipinski definition) is 2. The van der Waals surface area contributed by atoms with Gasteiger partial charge in [-0.3, -0.25) is 4.79 Å². The van der Waals surface area contributed by atoms with Crippen molar-refractivity contribution in [2.75, 3.05) is 0 Å². The number of nitrogens with zero attached hydrogens (tertiary/aromatic N) is 2. The first-order valence-electron chi connectivity index (χ1n) is 6.25. The molecule has 0 aliphatic heterocycles. The van der Waals surface area contributed by atoms with Crippen LogP contribution in [0.5, 0.6) is 0 Å². The van der Waals surface area contributed by atoms with E-state index in [9.17, 15) is 40.3 Å². The summed E-state index contributed by atoms with van der Waals surface area (Å²) in [6.07, 6.45) is -6.28. The van der Waals surface area contributed by atoms with Crippen LogP contribution in [0.4, 0.5) is 30.7 Å². The Kier molecular flexibility index (Phi) is 4.73. The lowest BCUT2D eigenvalue weighted by atomic mass is 10.2. The maximum absolute atomic E-state index is 13.4. The lowest BCUT2D eigenvalue weighted by Crippen LogP contribution is -2.46. The van der Waals surface area contributed by atoms with Gasteiger partial charge in [0.1, 0.15) is 5.69 Å². The van der Waals surface area contributed by atoms with Gasteiger partial charge in [-0.2, -0.15) is 30.7 Å².